The monoisotopic (exact) mass is 496 g/mol. The smallest absolute Gasteiger partial charge is 0.271 e. The lowest BCUT2D eigenvalue weighted by molar-refractivity contribution is -0.136. The SMILES string of the molecule is CN[C@@H](C)C(=O)NC(C(=O)N1Cc2ccccc2[C@H]1C(=O)Nc1c(F)cccc1F)=C1CCCCC1. The second-order valence-corrected chi connectivity index (χ2v) is 9.16. The lowest BCUT2D eigenvalue weighted by atomic mass is 9.92. The summed E-state index contributed by atoms with van der Waals surface area (Å²) in [6.07, 6.45) is 4.20. The van der Waals surface area contributed by atoms with Crippen molar-refractivity contribution in [2.45, 2.75) is 57.7 Å². The van der Waals surface area contributed by atoms with Crippen LogP contribution in [0.15, 0.2) is 53.7 Å². The molecule has 36 heavy (non-hydrogen) atoms. The minimum atomic E-state index is -1.12. The molecule has 0 saturated heterocycles. The predicted octanol–water partition coefficient (Wildman–Crippen LogP) is 3.93. The average molecular weight is 497 g/mol. The first-order chi connectivity index (χ1) is 17.3. The Morgan fingerprint density at radius 3 is 2.31 bits per heavy atom. The Morgan fingerprint density at radius 1 is 0.972 bits per heavy atom. The van der Waals surface area contributed by atoms with Crippen molar-refractivity contribution in [1.82, 2.24) is 15.5 Å². The molecular weight excluding hydrogens is 466 g/mol. The lowest BCUT2D eigenvalue weighted by Gasteiger charge is -2.28. The van der Waals surface area contributed by atoms with E-state index in [2.05, 4.69) is 16.0 Å². The van der Waals surface area contributed by atoms with E-state index >= 15 is 0 Å². The molecule has 190 valence electrons. The molecule has 1 heterocycles. The van der Waals surface area contributed by atoms with Crippen LogP contribution in [-0.2, 0) is 20.9 Å². The first-order valence-corrected chi connectivity index (χ1v) is 12.2. The minimum Gasteiger partial charge on any atom is -0.320 e. The van der Waals surface area contributed by atoms with Gasteiger partial charge >= 0.3 is 0 Å². The number of carbonyl (C=O) groups is 3. The Balaban J connectivity index is 1.70. The standard InChI is InChI=1S/C27H30F2N4O3/c1-16(30-2)25(34)31-22(17-9-4-3-5-10-17)27(36)33-15-18-11-6-7-12-19(18)24(33)26(35)32-23-20(28)13-8-14-21(23)29/h6-8,11-14,16,24,30H,3-5,9-10,15H2,1-2H3,(H,31,34)(H,32,35)/t16-,24-/m0/s1. The summed E-state index contributed by atoms with van der Waals surface area (Å²) in [4.78, 5) is 41.5. The van der Waals surface area contributed by atoms with Crippen LogP contribution >= 0.6 is 0 Å². The maximum absolute atomic E-state index is 14.3. The number of nitrogens with zero attached hydrogens (tertiary/aromatic N) is 1. The number of hydrogen-bond acceptors (Lipinski definition) is 4. The highest BCUT2D eigenvalue weighted by atomic mass is 19.1. The van der Waals surface area contributed by atoms with Gasteiger partial charge in [0.25, 0.3) is 11.8 Å². The van der Waals surface area contributed by atoms with E-state index < -0.39 is 41.2 Å². The number of fused-ring (bicyclic) bond motifs is 1. The summed E-state index contributed by atoms with van der Waals surface area (Å²) in [5.74, 6) is -3.41. The summed E-state index contributed by atoms with van der Waals surface area (Å²) in [7, 11) is 1.65. The molecule has 1 aliphatic heterocycles. The second kappa shape index (κ2) is 11.0. The fourth-order valence-corrected chi connectivity index (χ4v) is 4.70. The van der Waals surface area contributed by atoms with Gasteiger partial charge in [-0.2, -0.15) is 0 Å². The van der Waals surface area contributed by atoms with E-state index in [1.807, 2.05) is 6.07 Å². The summed E-state index contributed by atoms with van der Waals surface area (Å²) in [6.45, 7) is 1.81. The zero-order valence-corrected chi connectivity index (χ0v) is 20.4. The molecule has 1 fully saturated rings. The van der Waals surface area contributed by atoms with Gasteiger partial charge in [0.15, 0.2) is 0 Å². The highest BCUT2D eigenvalue weighted by Crippen LogP contribution is 2.37. The molecule has 2 aliphatic rings. The van der Waals surface area contributed by atoms with Crippen LogP contribution in [-0.4, -0.2) is 35.7 Å². The number of allylic oxidation sites excluding steroid dienone is 1. The van der Waals surface area contributed by atoms with Crippen LogP contribution in [0.4, 0.5) is 14.5 Å². The van der Waals surface area contributed by atoms with Crippen LogP contribution < -0.4 is 16.0 Å². The number of carbonyl (C=O) groups excluding carboxylic acids is 3. The van der Waals surface area contributed by atoms with Gasteiger partial charge in [0.2, 0.25) is 5.91 Å². The van der Waals surface area contributed by atoms with Gasteiger partial charge in [-0.15, -0.1) is 0 Å². The van der Waals surface area contributed by atoms with Crippen molar-refractivity contribution in [3.8, 4) is 0 Å². The molecule has 2 atom stereocenters. The van der Waals surface area contributed by atoms with Crippen molar-refractivity contribution in [3.05, 3.63) is 76.5 Å². The van der Waals surface area contributed by atoms with Gasteiger partial charge in [-0.05, 0) is 68.5 Å². The molecule has 0 radical (unpaired) electrons. The number of nitrogens with one attached hydrogen (secondary N) is 3. The van der Waals surface area contributed by atoms with Gasteiger partial charge in [-0.25, -0.2) is 8.78 Å². The highest BCUT2D eigenvalue weighted by Gasteiger charge is 2.41. The molecule has 0 unspecified atom stereocenters. The summed E-state index contributed by atoms with van der Waals surface area (Å²) in [5, 5.41) is 8.01. The first kappa shape index (κ1) is 25.5. The van der Waals surface area contributed by atoms with Crippen LogP contribution in [0, 0.1) is 11.6 Å². The van der Waals surface area contributed by atoms with Gasteiger partial charge in [0.1, 0.15) is 29.1 Å². The Hall–Kier alpha value is -3.59. The van der Waals surface area contributed by atoms with Crippen molar-refractivity contribution in [2.24, 2.45) is 0 Å². The maximum atomic E-state index is 14.3. The zero-order chi connectivity index (χ0) is 25.8. The first-order valence-electron chi connectivity index (χ1n) is 12.2. The largest absolute Gasteiger partial charge is 0.320 e. The van der Waals surface area contributed by atoms with Crippen LogP contribution in [0.3, 0.4) is 0 Å². The third-order valence-electron chi connectivity index (χ3n) is 6.82. The molecule has 7 nitrogen and oxygen atoms in total. The van der Waals surface area contributed by atoms with Crippen LogP contribution in [0.2, 0.25) is 0 Å². The van der Waals surface area contributed by atoms with E-state index in [4.69, 9.17) is 0 Å². The molecule has 9 heteroatoms. The molecule has 2 aromatic rings. The third kappa shape index (κ3) is 5.16. The van der Waals surface area contributed by atoms with Gasteiger partial charge in [0.05, 0.1) is 6.04 Å². The molecule has 0 spiro atoms. The molecule has 0 aromatic heterocycles. The number of hydrogen-bond donors (Lipinski definition) is 3. The number of para-hydroxylation sites is 1. The number of likely N-dealkylation sites (N-methyl/N-ethyl adjacent to an activating group) is 1. The highest BCUT2D eigenvalue weighted by molar-refractivity contribution is 6.04. The van der Waals surface area contributed by atoms with Gasteiger partial charge in [0, 0.05) is 6.54 Å². The van der Waals surface area contributed by atoms with Crippen molar-refractivity contribution in [1.29, 1.82) is 0 Å². The number of benzene rings is 2. The van der Waals surface area contributed by atoms with Gasteiger partial charge < -0.3 is 20.9 Å². The normalized spacial score (nSPS) is 17.8. The van der Waals surface area contributed by atoms with Crippen molar-refractivity contribution in [3.63, 3.8) is 0 Å². The van der Waals surface area contributed by atoms with Gasteiger partial charge in [-0.1, -0.05) is 36.8 Å². The van der Waals surface area contributed by atoms with Crippen LogP contribution in [0.25, 0.3) is 0 Å². The number of rotatable bonds is 6. The Labute approximate surface area is 208 Å². The summed E-state index contributed by atoms with van der Waals surface area (Å²) in [6, 6.07) is 8.73. The fraction of sp³-hybridized carbons (Fsp3) is 0.370. The van der Waals surface area contributed by atoms with E-state index in [0.29, 0.717) is 18.4 Å². The Bertz CT molecular complexity index is 1190. The minimum absolute atomic E-state index is 0.126. The molecule has 3 amide bonds. The molecule has 1 saturated carbocycles. The number of anilines is 1. The van der Waals surface area contributed by atoms with E-state index in [1.165, 1.54) is 11.0 Å². The van der Waals surface area contributed by atoms with Crippen LogP contribution in [0.5, 0.6) is 0 Å². The zero-order valence-electron chi connectivity index (χ0n) is 20.4. The Kier molecular flexibility index (Phi) is 7.79. The van der Waals surface area contributed by atoms with Gasteiger partial charge in [-0.3, -0.25) is 14.4 Å². The third-order valence-corrected chi connectivity index (χ3v) is 6.82. The lowest BCUT2D eigenvalue weighted by Crippen LogP contribution is -2.46. The Morgan fingerprint density at radius 2 is 1.64 bits per heavy atom. The van der Waals surface area contributed by atoms with Crippen LogP contribution in [0.1, 0.15) is 56.2 Å². The predicted molar refractivity (Wildman–Crippen MR) is 131 cm³/mol. The molecule has 4 rings (SSSR count). The topological polar surface area (TPSA) is 90.5 Å². The van der Waals surface area contributed by atoms with Crippen molar-refractivity contribution >= 4 is 23.4 Å². The number of halogens is 2. The average Bonchev–Trinajstić information content (AvgIpc) is 3.28. The quantitative estimate of drug-likeness (QED) is 0.529. The summed E-state index contributed by atoms with van der Waals surface area (Å²) < 4.78 is 28.6. The summed E-state index contributed by atoms with van der Waals surface area (Å²) >= 11 is 0. The van der Waals surface area contributed by atoms with E-state index in [9.17, 15) is 23.2 Å². The molecule has 1 aliphatic carbocycles. The second-order valence-electron chi connectivity index (χ2n) is 9.16. The maximum Gasteiger partial charge on any atom is 0.271 e. The van der Waals surface area contributed by atoms with Crippen molar-refractivity contribution < 1.29 is 23.2 Å². The molecule has 2 aromatic carbocycles. The number of amides is 3. The van der Waals surface area contributed by atoms with E-state index in [1.54, 1.807) is 32.2 Å². The fourth-order valence-electron chi connectivity index (χ4n) is 4.70. The van der Waals surface area contributed by atoms with Crippen molar-refractivity contribution in [2.75, 3.05) is 12.4 Å². The molecule has 0 bridgehead atoms. The van der Waals surface area contributed by atoms with E-state index in [-0.39, 0.29) is 18.1 Å². The summed E-state index contributed by atoms with van der Waals surface area (Å²) in [5.41, 5.74) is 1.79. The van der Waals surface area contributed by atoms with E-state index in [0.717, 1.165) is 42.5 Å². The molecular formula is C27H30F2N4O3. The molecule has 3 N–H and O–H groups in total.